The summed E-state index contributed by atoms with van der Waals surface area (Å²) in [6.45, 7) is 3.07. The molecular formula is C28H33N7O5S. The van der Waals surface area contributed by atoms with Gasteiger partial charge in [0, 0.05) is 49.4 Å². The first-order valence-corrected chi connectivity index (χ1v) is 15.2. The van der Waals surface area contributed by atoms with Gasteiger partial charge in [-0.3, -0.25) is 9.69 Å². The number of anilines is 4. The molecule has 1 saturated heterocycles. The predicted octanol–water partition coefficient (Wildman–Crippen LogP) is 2.86. The third kappa shape index (κ3) is 6.76. The molecule has 1 amide bonds. The summed E-state index contributed by atoms with van der Waals surface area (Å²) in [7, 11) is 0.0994. The van der Waals surface area contributed by atoms with Crippen molar-refractivity contribution in [1.29, 1.82) is 0 Å². The number of nitrogens with one attached hydrogen (secondary N) is 2. The van der Waals surface area contributed by atoms with E-state index in [0.29, 0.717) is 48.5 Å². The fourth-order valence-electron chi connectivity index (χ4n) is 4.55. The van der Waals surface area contributed by atoms with Crippen LogP contribution in [0.2, 0.25) is 0 Å². The molecule has 0 spiro atoms. The second-order valence-corrected chi connectivity index (χ2v) is 11.9. The molecule has 0 radical (unpaired) electrons. The Morgan fingerprint density at radius 1 is 1.10 bits per heavy atom. The van der Waals surface area contributed by atoms with Crippen molar-refractivity contribution >= 4 is 44.3 Å². The number of morpholine rings is 1. The number of nitrogens with zero attached hydrogens (tertiary/aromatic N) is 5. The molecule has 1 fully saturated rings. The summed E-state index contributed by atoms with van der Waals surface area (Å²) in [4.78, 5) is 21.0. The second-order valence-electron chi connectivity index (χ2n) is 9.78. The van der Waals surface area contributed by atoms with E-state index in [4.69, 9.17) is 14.6 Å². The first-order chi connectivity index (χ1) is 19.7. The number of para-hydroxylation sites is 1. The van der Waals surface area contributed by atoms with E-state index in [1.165, 1.54) is 6.26 Å². The van der Waals surface area contributed by atoms with Gasteiger partial charge in [0.25, 0.3) is 0 Å². The zero-order valence-corrected chi connectivity index (χ0v) is 24.0. The van der Waals surface area contributed by atoms with Gasteiger partial charge in [0.05, 0.1) is 50.0 Å². The molecule has 2 aromatic carbocycles. The highest BCUT2D eigenvalue weighted by Crippen LogP contribution is 2.32. The van der Waals surface area contributed by atoms with Crippen molar-refractivity contribution in [2.75, 3.05) is 74.7 Å². The molecular weight excluding hydrogens is 546 g/mol. The van der Waals surface area contributed by atoms with Crippen LogP contribution >= 0.6 is 0 Å². The first-order valence-electron chi connectivity index (χ1n) is 13.1. The maximum Gasteiger partial charge on any atom is 0.245 e. The molecule has 216 valence electrons. The average Bonchev–Trinajstić information content (AvgIpc) is 3.39. The standard InChI is InChI=1S/C28H33N7O5S/c1-33(27(36)18-34-12-14-40-15-13-34)20-8-10-24(26(16-20)39-2)31-28-29-17-21-9-11-25(35(21)32-28)22-6-4-5-7-23(22)30-19-41(3,37)38/h4-11,16-17,30H,12-15,18-19H2,1-3H3,(H,31,32). The molecule has 2 N–H and O–H groups in total. The van der Waals surface area contributed by atoms with E-state index < -0.39 is 9.84 Å². The van der Waals surface area contributed by atoms with Gasteiger partial charge in [0.15, 0.2) is 9.84 Å². The van der Waals surface area contributed by atoms with Crippen molar-refractivity contribution in [3.63, 3.8) is 0 Å². The Hall–Kier alpha value is -4.20. The molecule has 4 aromatic rings. The van der Waals surface area contributed by atoms with Gasteiger partial charge < -0.3 is 25.0 Å². The zero-order valence-electron chi connectivity index (χ0n) is 23.2. The van der Waals surface area contributed by atoms with E-state index >= 15 is 0 Å². The fraction of sp³-hybridized carbons (Fsp3) is 0.321. The van der Waals surface area contributed by atoms with Crippen LogP contribution in [0.25, 0.3) is 16.8 Å². The van der Waals surface area contributed by atoms with E-state index in [1.54, 1.807) is 35.8 Å². The van der Waals surface area contributed by atoms with Crippen LogP contribution in [0.3, 0.4) is 0 Å². The van der Waals surface area contributed by atoms with Crippen molar-refractivity contribution < 1.29 is 22.7 Å². The molecule has 5 rings (SSSR count). The van der Waals surface area contributed by atoms with E-state index in [9.17, 15) is 13.2 Å². The van der Waals surface area contributed by atoms with Gasteiger partial charge in [-0.2, -0.15) is 0 Å². The van der Waals surface area contributed by atoms with Gasteiger partial charge in [-0.05, 0) is 30.3 Å². The molecule has 1 aliphatic heterocycles. The predicted molar refractivity (Wildman–Crippen MR) is 159 cm³/mol. The van der Waals surface area contributed by atoms with Gasteiger partial charge in [-0.15, -0.1) is 5.10 Å². The molecule has 12 nitrogen and oxygen atoms in total. The largest absolute Gasteiger partial charge is 0.494 e. The van der Waals surface area contributed by atoms with Gasteiger partial charge in [-0.25, -0.2) is 17.9 Å². The molecule has 0 aliphatic carbocycles. The lowest BCUT2D eigenvalue weighted by molar-refractivity contribution is -0.120. The summed E-state index contributed by atoms with van der Waals surface area (Å²) in [6.07, 6.45) is 2.88. The van der Waals surface area contributed by atoms with Crippen LogP contribution in [0.15, 0.2) is 60.8 Å². The number of carbonyl (C=O) groups is 1. The summed E-state index contributed by atoms with van der Waals surface area (Å²) in [5, 5.41) is 10.9. The lowest BCUT2D eigenvalue weighted by atomic mass is 10.1. The summed E-state index contributed by atoms with van der Waals surface area (Å²) < 4.78 is 36.2. The van der Waals surface area contributed by atoms with Gasteiger partial charge in [0.1, 0.15) is 11.6 Å². The molecule has 3 heterocycles. The Kier molecular flexibility index (Phi) is 8.38. The number of benzene rings is 2. The number of methoxy groups -OCH3 is 1. The molecule has 0 atom stereocenters. The van der Waals surface area contributed by atoms with Crippen molar-refractivity contribution in [2.24, 2.45) is 0 Å². The molecule has 41 heavy (non-hydrogen) atoms. The van der Waals surface area contributed by atoms with E-state index in [0.717, 1.165) is 29.9 Å². The third-order valence-electron chi connectivity index (χ3n) is 6.78. The quantitative estimate of drug-likeness (QED) is 0.289. The van der Waals surface area contributed by atoms with E-state index in [1.807, 2.05) is 48.5 Å². The first kappa shape index (κ1) is 28.3. The Bertz CT molecular complexity index is 1650. The number of fused-ring (bicyclic) bond motifs is 1. The number of hydrogen-bond donors (Lipinski definition) is 2. The lowest BCUT2D eigenvalue weighted by Gasteiger charge is -2.28. The second kappa shape index (κ2) is 12.1. The highest BCUT2D eigenvalue weighted by atomic mass is 32.2. The highest BCUT2D eigenvalue weighted by molar-refractivity contribution is 7.90. The summed E-state index contributed by atoms with van der Waals surface area (Å²) >= 11 is 0. The van der Waals surface area contributed by atoms with Crippen molar-refractivity contribution in [2.45, 2.75) is 0 Å². The number of sulfone groups is 1. The fourth-order valence-corrected chi connectivity index (χ4v) is 4.96. The minimum Gasteiger partial charge on any atom is -0.494 e. The average molecular weight is 580 g/mol. The summed E-state index contributed by atoms with van der Waals surface area (Å²) in [5.74, 6) is 0.660. The van der Waals surface area contributed by atoms with E-state index in [-0.39, 0.29) is 11.8 Å². The van der Waals surface area contributed by atoms with Crippen LogP contribution in [0, 0.1) is 0 Å². The lowest BCUT2D eigenvalue weighted by Crippen LogP contribution is -2.43. The number of aromatic nitrogens is 3. The van der Waals surface area contributed by atoms with Crippen LogP contribution < -0.4 is 20.3 Å². The number of hydrogen-bond acceptors (Lipinski definition) is 10. The Morgan fingerprint density at radius 2 is 1.88 bits per heavy atom. The number of amides is 1. The number of ether oxygens (including phenoxy) is 2. The van der Waals surface area contributed by atoms with Crippen LogP contribution in [0.1, 0.15) is 0 Å². The summed E-state index contributed by atoms with van der Waals surface area (Å²) in [6, 6.07) is 16.7. The van der Waals surface area contributed by atoms with Crippen molar-refractivity contribution in [1.82, 2.24) is 19.5 Å². The number of likely N-dealkylation sites (N-methyl/N-ethyl adjacent to an activating group) is 1. The van der Waals surface area contributed by atoms with Gasteiger partial charge in [0.2, 0.25) is 11.9 Å². The zero-order chi connectivity index (χ0) is 29.0. The van der Waals surface area contributed by atoms with Crippen molar-refractivity contribution in [3.05, 3.63) is 60.8 Å². The van der Waals surface area contributed by atoms with Crippen LogP contribution in [-0.2, 0) is 19.4 Å². The molecule has 1 aliphatic rings. The third-order valence-corrected chi connectivity index (χ3v) is 7.45. The molecule has 2 aromatic heterocycles. The molecule has 0 bridgehead atoms. The van der Waals surface area contributed by atoms with Crippen LogP contribution in [0.5, 0.6) is 5.75 Å². The number of carbonyl (C=O) groups excluding carboxylic acids is 1. The normalized spacial score (nSPS) is 14.1. The minimum absolute atomic E-state index is 0.0186. The minimum atomic E-state index is -3.21. The van der Waals surface area contributed by atoms with Gasteiger partial charge in [-0.1, -0.05) is 18.2 Å². The van der Waals surface area contributed by atoms with Gasteiger partial charge >= 0.3 is 0 Å². The maximum atomic E-state index is 12.9. The monoisotopic (exact) mass is 579 g/mol. The SMILES string of the molecule is COc1cc(N(C)C(=O)CN2CCOCC2)ccc1Nc1ncc2ccc(-c3ccccc3NCS(C)(=O)=O)n2n1. The van der Waals surface area contributed by atoms with E-state index in [2.05, 4.69) is 20.5 Å². The topological polar surface area (TPSA) is 130 Å². The smallest absolute Gasteiger partial charge is 0.245 e. The molecule has 0 saturated carbocycles. The van der Waals surface area contributed by atoms with Crippen LogP contribution in [-0.4, -0.2) is 93.0 Å². The highest BCUT2D eigenvalue weighted by Gasteiger charge is 2.19. The maximum absolute atomic E-state index is 12.9. The Balaban J connectivity index is 1.37. The Labute approximate surface area is 238 Å². The molecule has 13 heteroatoms. The number of rotatable bonds is 10. The van der Waals surface area contributed by atoms with Crippen LogP contribution in [0.4, 0.5) is 23.0 Å². The molecule has 0 unspecified atom stereocenters. The summed E-state index contributed by atoms with van der Waals surface area (Å²) in [5.41, 5.74) is 4.35. The van der Waals surface area contributed by atoms with Crippen molar-refractivity contribution in [3.8, 4) is 17.0 Å². The Morgan fingerprint density at radius 3 is 2.63 bits per heavy atom.